The molecule has 0 heterocycles. The van der Waals surface area contributed by atoms with E-state index in [9.17, 15) is 0 Å². The molecule has 4 aromatic carbocycles. The molecule has 0 saturated carbocycles. The van der Waals surface area contributed by atoms with Gasteiger partial charge in [0.05, 0.1) is 0 Å². The highest BCUT2D eigenvalue weighted by atomic mass is 14.8. The van der Waals surface area contributed by atoms with Gasteiger partial charge in [-0.3, -0.25) is 0 Å². The molecule has 0 atom stereocenters. The minimum Gasteiger partial charge on any atom is -0.388 e. The lowest BCUT2D eigenvalue weighted by atomic mass is 9.95. The van der Waals surface area contributed by atoms with Gasteiger partial charge in [0.25, 0.3) is 0 Å². The summed E-state index contributed by atoms with van der Waals surface area (Å²) in [6, 6.07) is 57.2. The van der Waals surface area contributed by atoms with E-state index in [1.54, 1.807) is 6.08 Å². The topological polar surface area (TPSA) is 12.0 Å². The number of nitrogens with one attached hydrogen (secondary N) is 1. The van der Waals surface area contributed by atoms with Crippen LogP contribution in [0.5, 0.6) is 0 Å². The second-order valence-electron chi connectivity index (χ2n) is 10.6. The molecule has 0 amide bonds. The molecular weight excluding hydrogens is 555 g/mol. The largest absolute Gasteiger partial charge is 0.388 e. The van der Waals surface area contributed by atoms with E-state index in [1.807, 2.05) is 49.5 Å². The lowest BCUT2D eigenvalue weighted by Gasteiger charge is -2.14. The Morgan fingerprint density at radius 3 is 1.67 bits per heavy atom. The van der Waals surface area contributed by atoms with Crippen LogP contribution in [0.15, 0.2) is 201 Å². The summed E-state index contributed by atoms with van der Waals surface area (Å²) in [6.45, 7) is 5.90. The van der Waals surface area contributed by atoms with Gasteiger partial charge in [-0.25, -0.2) is 0 Å². The third kappa shape index (κ3) is 10.2. The summed E-state index contributed by atoms with van der Waals surface area (Å²) in [6.07, 6.45) is 10.8. The molecule has 0 aliphatic rings. The average Bonchev–Trinajstić information content (AvgIpc) is 3.08. The van der Waals surface area contributed by atoms with Gasteiger partial charge < -0.3 is 5.32 Å². The fourth-order valence-corrected chi connectivity index (χ4v) is 5.07. The van der Waals surface area contributed by atoms with Gasteiger partial charge in [0, 0.05) is 18.3 Å². The molecule has 4 aromatic rings. The maximum Gasteiger partial charge on any atom is 0.0417 e. The van der Waals surface area contributed by atoms with Crippen LogP contribution < -0.4 is 5.32 Å². The summed E-state index contributed by atoms with van der Waals surface area (Å²) in [5, 5.41) is 3.38. The summed E-state index contributed by atoms with van der Waals surface area (Å²) >= 11 is 0. The Kier molecular flexibility index (Phi) is 13.6. The van der Waals surface area contributed by atoms with Crippen molar-refractivity contribution < 1.29 is 0 Å². The first-order valence-electron chi connectivity index (χ1n) is 15.7. The van der Waals surface area contributed by atoms with Crippen LogP contribution in [0.3, 0.4) is 0 Å². The van der Waals surface area contributed by atoms with Gasteiger partial charge >= 0.3 is 0 Å². The fraction of sp³-hybridized carbons (Fsp3) is 0.0667. The van der Waals surface area contributed by atoms with Gasteiger partial charge in [0.1, 0.15) is 0 Å². The van der Waals surface area contributed by atoms with Crippen LogP contribution in [0.4, 0.5) is 5.69 Å². The molecular formula is C45H43N. The number of aryl methyl sites for hydroxylation is 1. The van der Waals surface area contributed by atoms with E-state index < -0.39 is 0 Å². The number of anilines is 1. The SMILES string of the molecule is C=C/C=C\C=C/Cc1ccccc1-c1cccccccccccc(-c2ccc(NC)c(-c3ccccc3C)c2)ccccc1. The van der Waals surface area contributed by atoms with Crippen LogP contribution in [0.2, 0.25) is 0 Å². The smallest absolute Gasteiger partial charge is 0.0417 e. The van der Waals surface area contributed by atoms with Crippen molar-refractivity contribution >= 4 is 5.69 Å². The van der Waals surface area contributed by atoms with E-state index in [2.05, 4.69) is 164 Å². The molecule has 1 heteroatoms. The molecule has 0 aromatic heterocycles. The van der Waals surface area contributed by atoms with E-state index in [1.165, 1.54) is 27.8 Å². The van der Waals surface area contributed by atoms with Crippen molar-refractivity contribution in [3.05, 3.63) is 212 Å². The van der Waals surface area contributed by atoms with Crippen molar-refractivity contribution in [2.75, 3.05) is 12.4 Å². The third-order valence-electron chi connectivity index (χ3n) is 7.43. The van der Waals surface area contributed by atoms with E-state index in [4.69, 9.17) is 0 Å². The average molecular weight is 598 g/mol. The minimum atomic E-state index is 0.843. The highest BCUT2D eigenvalue weighted by Crippen LogP contribution is 2.34. The molecule has 0 radical (unpaired) electrons. The molecule has 1 nitrogen and oxygen atoms in total. The van der Waals surface area contributed by atoms with Crippen LogP contribution in [0.1, 0.15) is 11.1 Å². The van der Waals surface area contributed by atoms with Crippen molar-refractivity contribution in [3.8, 4) is 33.4 Å². The number of benzene rings is 3. The van der Waals surface area contributed by atoms with Crippen molar-refractivity contribution in [2.24, 2.45) is 0 Å². The van der Waals surface area contributed by atoms with Crippen LogP contribution in [0, 0.1) is 6.92 Å². The Labute approximate surface area is 275 Å². The standard InChI is InChI=1S/C45H43N/c1-4-5-6-12-17-28-40-31-22-24-33-43(40)39-29-18-14-11-9-7-8-10-13-16-26-38(27-19-15-20-30-39)41-34-35-45(46-3)44(36-41)42-32-23-21-25-37(42)2/h4-27,29-36,46H,1,28H2,2-3H3/b6-5-,8-7?,9-7?,10-8?,11-9?,13-10?,14-11?,16-13?,17-12-,18-14?,19-15?,20-15?,26-16?,27-19?,29-18?,30-20?,38-26?,38-27?,39-29?,39-30?. The summed E-state index contributed by atoms with van der Waals surface area (Å²) in [4.78, 5) is 0. The highest BCUT2D eigenvalue weighted by Gasteiger charge is 2.08. The number of hydrogen-bond donors (Lipinski definition) is 1. The molecule has 1 N–H and O–H groups in total. The van der Waals surface area contributed by atoms with Gasteiger partial charge in [0.2, 0.25) is 0 Å². The predicted octanol–water partition coefficient (Wildman–Crippen LogP) is 12.3. The second-order valence-corrected chi connectivity index (χ2v) is 10.6. The summed E-state index contributed by atoms with van der Waals surface area (Å²) in [5.74, 6) is 0. The second kappa shape index (κ2) is 18.9. The van der Waals surface area contributed by atoms with Crippen LogP contribution in [0.25, 0.3) is 33.4 Å². The van der Waals surface area contributed by atoms with Crippen molar-refractivity contribution in [1.82, 2.24) is 0 Å². The molecule has 46 heavy (non-hydrogen) atoms. The first kappa shape index (κ1) is 33.2. The van der Waals surface area contributed by atoms with Crippen molar-refractivity contribution in [3.63, 3.8) is 0 Å². The van der Waals surface area contributed by atoms with Crippen LogP contribution in [-0.4, -0.2) is 7.05 Å². The molecule has 0 spiro atoms. The molecule has 228 valence electrons. The zero-order valence-corrected chi connectivity index (χ0v) is 26.9. The Balaban J connectivity index is 1.81. The van der Waals surface area contributed by atoms with E-state index in [0.29, 0.717) is 0 Å². The summed E-state index contributed by atoms with van der Waals surface area (Å²) in [7, 11) is 1.98. The Bertz CT molecular complexity index is 1840. The monoisotopic (exact) mass is 597 g/mol. The number of rotatable bonds is 8. The Hall–Kier alpha value is -5.66. The van der Waals surface area contributed by atoms with E-state index >= 15 is 0 Å². The van der Waals surface area contributed by atoms with Crippen molar-refractivity contribution in [1.29, 1.82) is 0 Å². The van der Waals surface area contributed by atoms with Gasteiger partial charge in [-0.2, -0.15) is 0 Å². The molecule has 0 aliphatic carbocycles. The number of allylic oxidation sites excluding steroid dienone is 5. The third-order valence-corrected chi connectivity index (χ3v) is 7.43. The highest BCUT2D eigenvalue weighted by molar-refractivity contribution is 5.84. The molecule has 0 saturated heterocycles. The molecule has 0 fully saturated rings. The van der Waals surface area contributed by atoms with Crippen molar-refractivity contribution in [2.45, 2.75) is 13.3 Å². The molecule has 0 aliphatic heterocycles. The normalized spacial score (nSPS) is 10.4. The quantitative estimate of drug-likeness (QED) is 0.199. The Morgan fingerprint density at radius 2 is 1.04 bits per heavy atom. The van der Waals surface area contributed by atoms with Gasteiger partial charge in [-0.05, 0) is 64.4 Å². The minimum absolute atomic E-state index is 0.843. The molecule has 0 bridgehead atoms. The van der Waals surface area contributed by atoms with Gasteiger partial charge in [-0.15, -0.1) is 0 Å². The zero-order chi connectivity index (χ0) is 32.2. The number of hydrogen-bond acceptors (Lipinski definition) is 1. The lowest BCUT2D eigenvalue weighted by molar-refractivity contribution is 1.27. The Morgan fingerprint density at radius 1 is 0.500 bits per heavy atom. The van der Waals surface area contributed by atoms with E-state index in [0.717, 1.165) is 28.8 Å². The molecule has 4 rings (SSSR count). The summed E-state index contributed by atoms with van der Waals surface area (Å²) < 4.78 is 0. The first-order chi connectivity index (χ1) is 22.7. The zero-order valence-electron chi connectivity index (χ0n) is 26.9. The summed E-state index contributed by atoms with van der Waals surface area (Å²) in [5.41, 5.74) is 10.7. The first-order valence-corrected chi connectivity index (χ1v) is 15.7. The fourth-order valence-electron chi connectivity index (χ4n) is 5.07. The maximum atomic E-state index is 3.74. The van der Waals surface area contributed by atoms with Crippen LogP contribution in [-0.2, 0) is 6.42 Å². The maximum absolute atomic E-state index is 3.74. The molecule has 0 unspecified atom stereocenters. The van der Waals surface area contributed by atoms with Crippen LogP contribution >= 0.6 is 0 Å². The predicted molar refractivity (Wildman–Crippen MR) is 202 cm³/mol. The van der Waals surface area contributed by atoms with Gasteiger partial charge in [-0.1, -0.05) is 189 Å². The van der Waals surface area contributed by atoms with Gasteiger partial charge in [0.15, 0.2) is 0 Å². The lowest BCUT2D eigenvalue weighted by Crippen LogP contribution is -1.94. The van der Waals surface area contributed by atoms with E-state index in [-0.39, 0.29) is 0 Å².